The fourth-order valence-electron chi connectivity index (χ4n) is 2.35. The molecular weight excluding hydrogens is 248 g/mol. The van der Waals surface area contributed by atoms with Gasteiger partial charge in [-0.1, -0.05) is 6.42 Å². The summed E-state index contributed by atoms with van der Waals surface area (Å²) in [7, 11) is 0. The van der Waals surface area contributed by atoms with E-state index in [-0.39, 0.29) is 23.9 Å². The molecule has 0 bridgehead atoms. The Morgan fingerprint density at radius 3 is 2.72 bits per heavy atom. The smallest absolute Gasteiger partial charge is 0.247 e. The highest BCUT2D eigenvalue weighted by Gasteiger charge is 2.45. The van der Waals surface area contributed by atoms with E-state index in [4.69, 9.17) is 0 Å². The molecule has 1 atom stereocenters. The quantitative estimate of drug-likeness (QED) is 0.535. The molecular formula is C13H22N2O2S. The summed E-state index contributed by atoms with van der Waals surface area (Å²) in [5, 5.41) is 3.23. The van der Waals surface area contributed by atoms with E-state index in [1.165, 1.54) is 23.5 Å². The summed E-state index contributed by atoms with van der Waals surface area (Å²) in [5.74, 6) is 1.23. The number of nitrogens with one attached hydrogen (secondary N) is 1. The van der Waals surface area contributed by atoms with Crippen molar-refractivity contribution in [1.29, 1.82) is 0 Å². The van der Waals surface area contributed by atoms with Crippen molar-refractivity contribution < 1.29 is 9.59 Å². The molecule has 0 aromatic carbocycles. The normalized spacial score (nSPS) is 24.1. The van der Waals surface area contributed by atoms with Crippen molar-refractivity contribution in [3.8, 4) is 0 Å². The number of carbonyl (C=O) groups excluding carboxylic acids is 2. The monoisotopic (exact) mass is 270 g/mol. The number of carbonyl (C=O) groups is 2. The summed E-state index contributed by atoms with van der Waals surface area (Å²) in [5.41, 5.74) is 0. The average molecular weight is 270 g/mol. The minimum atomic E-state index is -0.251. The Kier molecular flexibility index (Phi) is 5.06. The lowest BCUT2D eigenvalue weighted by atomic mass is 10.2. The molecule has 2 rings (SSSR count). The Balaban J connectivity index is 1.64. The van der Waals surface area contributed by atoms with Crippen LogP contribution < -0.4 is 5.32 Å². The van der Waals surface area contributed by atoms with E-state index >= 15 is 0 Å². The molecule has 1 aliphatic carbocycles. The number of nitrogens with zero attached hydrogens (tertiary/aromatic N) is 1. The molecule has 0 aromatic rings. The summed E-state index contributed by atoms with van der Waals surface area (Å²) >= 11 is 1.87. The van der Waals surface area contributed by atoms with Gasteiger partial charge in [-0.15, -0.1) is 0 Å². The zero-order valence-corrected chi connectivity index (χ0v) is 11.8. The molecule has 18 heavy (non-hydrogen) atoms. The first kappa shape index (κ1) is 13.9. The van der Waals surface area contributed by atoms with E-state index in [9.17, 15) is 9.59 Å². The maximum absolute atomic E-state index is 12.0. The number of amides is 2. The minimum Gasteiger partial charge on any atom is -0.305 e. The summed E-state index contributed by atoms with van der Waals surface area (Å²) in [4.78, 5) is 25.2. The Bertz CT molecular complexity index is 318. The average Bonchev–Trinajstić information content (AvgIpc) is 3.12. The molecule has 1 saturated heterocycles. The summed E-state index contributed by atoms with van der Waals surface area (Å²) in [6.45, 7) is 0.844. The van der Waals surface area contributed by atoms with Crippen molar-refractivity contribution in [2.24, 2.45) is 0 Å². The molecule has 2 amide bonds. The topological polar surface area (TPSA) is 49.4 Å². The van der Waals surface area contributed by atoms with Crippen LogP contribution in [0, 0.1) is 0 Å². The van der Waals surface area contributed by atoms with Gasteiger partial charge in [-0.3, -0.25) is 14.5 Å². The predicted molar refractivity (Wildman–Crippen MR) is 73.5 cm³/mol. The van der Waals surface area contributed by atoms with Crippen LogP contribution >= 0.6 is 11.8 Å². The standard InChI is InChI=1S/C13H22N2O2S/c1-18-8-4-2-3-7-14-11-9-12(16)15(13(11)17)10-5-6-10/h10-11,14H,2-9H2,1H3. The van der Waals surface area contributed by atoms with Crippen LogP contribution in [0.3, 0.4) is 0 Å². The third kappa shape index (κ3) is 3.48. The third-order valence-electron chi connectivity index (χ3n) is 3.51. The van der Waals surface area contributed by atoms with Gasteiger partial charge < -0.3 is 5.32 Å². The van der Waals surface area contributed by atoms with Crippen molar-refractivity contribution in [3.05, 3.63) is 0 Å². The molecule has 1 aliphatic heterocycles. The van der Waals surface area contributed by atoms with E-state index in [0.29, 0.717) is 6.42 Å². The number of unbranched alkanes of at least 4 members (excludes halogenated alkanes) is 2. The maximum atomic E-state index is 12.0. The Morgan fingerprint density at radius 2 is 2.06 bits per heavy atom. The van der Waals surface area contributed by atoms with Crippen LogP contribution in [0.2, 0.25) is 0 Å². The van der Waals surface area contributed by atoms with E-state index < -0.39 is 0 Å². The first-order chi connectivity index (χ1) is 8.74. The van der Waals surface area contributed by atoms with Crippen molar-refractivity contribution in [1.82, 2.24) is 10.2 Å². The summed E-state index contributed by atoms with van der Waals surface area (Å²) in [6.07, 6.45) is 7.98. The molecule has 1 saturated carbocycles. The Hall–Kier alpha value is -0.550. The van der Waals surface area contributed by atoms with Crippen LogP contribution in [0.4, 0.5) is 0 Å². The van der Waals surface area contributed by atoms with Crippen LogP contribution in [0.15, 0.2) is 0 Å². The molecule has 0 spiro atoms. The zero-order chi connectivity index (χ0) is 13.0. The zero-order valence-electron chi connectivity index (χ0n) is 11.0. The lowest BCUT2D eigenvalue weighted by Crippen LogP contribution is -2.40. The van der Waals surface area contributed by atoms with Crippen molar-refractivity contribution >= 4 is 23.6 Å². The maximum Gasteiger partial charge on any atom is 0.247 e. The molecule has 4 nitrogen and oxygen atoms in total. The van der Waals surface area contributed by atoms with Crippen LogP contribution in [-0.2, 0) is 9.59 Å². The van der Waals surface area contributed by atoms with E-state index in [1.54, 1.807) is 0 Å². The lowest BCUT2D eigenvalue weighted by molar-refractivity contribution is -0.139. The number of rotatable bonds is 8. The summed E-state index contributed by atoms with van der Waals surface area (Å²) < 4.78 is 0. The molecule has 1 N–H and O–H groups in total. The van der Waals surface area contributed by atoms with Crippen molar-refractivity contribution in [2.75, 3.05) is 18.6 Å². The fourth-order valence-corrected chi connectivity index (χ4v) is 2.84. The van der Waals surface area contributed by atoms with Crippen LogP contribution in [0.5, 0.6) is 0 Å². The molecule has 5 heteroatoms. The summed E-state index contributed by atoms with van der Waals surface area (Å²) in [6, 6.07) is -0.0305. The first-order valence-electron chi connectivity index (χ1n) is 6.82. The van der Waals surface area contributed by atoms with Crippen LogP contribution in [0.25, 0.3) is 0 Å². The van der Waals surface area contributed by atoms with Gasteiger partial charge >= 0.3 is 0 Å². The third-order valence-corrected chi connectivity index (χ3v) is 4.21. The predicted octanol–water partition coefficient (Wildman–Crippen LogP) is 1.40. The van der Waals surface area contributed by atoms with E-state index in [0.717, 1.165) is 25.8 Å². The van der Waals surface area contributed by atoms with Crippen LogP contribution in [-0.4, -0.2) is 47.4 Å². The van der Waals surface area contributed by atoms with Gasteiger partial charge in [-0.25, -0.2) is 0 Å². The second-order valence-electron chi connectivity index (χ2n) is 5.10. The van der Waals surface area contributed by atoms with Crippen molar-refractivity contribution in [2.45, 2.75) is 50.6 Å². The van der Waals surface area contributed by atoms with Crippen LogP contribution in [0.1, 0.15) is 38.5 Å². The van der Waals surface area contributed by atoms with Gasteiger partial charge in [0, 0.05) is 6.04 Å². The van der Waals surface area contributed by atoms with Crippen molar-refractivity contribution in [3.63, 3.8) is 0 Å². The van der Waals surface area contributed by atoms with Gasteiger partial charge in [0.1, 0.15) is 0 Å². The SMILES string of the molecule is CSCCCCCNC1CC(=O)N(C2CC2)C1=O. The molecule has 102 valence electrons. The molecule has 0 radical (unpaired) electrons. The highest BCUT2D eigenvalue weighted by atomic mass is 32.2. The Morgan fingerprint density at radius 1 is 1.28 bits per heavy atom. The largest absolute Gasteiger partial charge is 0.305 e. The number of likely N-dealkylation sites (tertiary alicyclic amines) is 1. The Labute approximate surface area is 113 Å². The number of thioether (sulfide) groups is 1. The molecule has 1 unspecified atom stereocenters. The van der Waals surface area contributed by atoms with E-state index in [1.807, 2.05) is 11.8 Å². The van der Waals surface area contributed by atoms with E-state index in [2.05, 4.69) is 11.6 Å². The lowest BCUT2D eigenvalue weighted by Gasteiger charge is -2.14. The number of hydrogen-bond donors (Lipinski definition) is 1. The molecule has 2 fully saturated rings. The highest BCUT2D eigenvalue weighted by Crippen LogP contribution is 2.31. The molecule has 0 aromatic heterocycles. The fraction of sp³-hybridized carbons (Fsp3) is 0.846. The minimum absolute atomic E-state index is 0.00612. The van der Waals surface area contributed by atoms with Gasteiger partial charge in [0.25, 0.3) is 0 Å². The number of hydrogen-bond acceptors (Lipinski definition) is 4. The van der Waals surface area contributed by atoms with Gasteiger partial charge in [0.15, 0.2) is 0 Å². The van der Waals surface area contributed by atoms with Gasteiger partial charge in [0.2, 0.25) is 11.8 Å². The molecule has 1 heterocycles. The second-order valence-corrected chi connectivity index (χ2v) is 6.08. The van der Waals surface area contributed by atoms with Gasteiger partial charge in [-0.05, 0) is 44.2 Å². The second kappa shape index (κ2) is 6.57. The first-order valence-corrected chi connectivity index (χ1v) is 8.21. The number of imide groups is 1. The highest BCUT2D eigenvalue weighted by molar-refractivity contribution is 7.98. The molecule has 2 aliphatic rings. The van der Waals surface area contributed by atoms with Gasteiger partial charge in [0.05, 0.1) is 12.5 Å². The van der Waals surface area contributed by atoms with Gasteiger partial charge in [-0.2, -0.15) is 11.8 Å².